The van der Waals surface area contributed by atoms with E-state index in [0.717, 1.165) is 25.8 Å². The van der Waals surface area contributed by atoms with E-state index in [1.807, 2.05) is 0 Å². The Bertz CT molecular complexity index is 1320. The quantitative estimate of drug-likeness (QED) is 0.0452. The van der Waals surface area contributed by atoms with Crippen LogP contribution < -0.4 is 10.6 Å². The molecule has 0 aliphatic heterocycles. The molecule has 0 spiro atoms. The number of carboxylic acid groups (broad SMARTS) is 1. The highest BCUT2D eigenvalue weighted by Crippen LogP contribution is 2.31. The summed E-state index contributed by atoms with van der Waals surface area (Å²) in [7, 11) is 2.08. The van der Waals surface area contributed by atoms with Crippen LogP contribution in [0.5, 0.6) is 5.75 Å². The fraction of sp³-hybridized carbons (Fsp3) is 0.618. The zero-order valence-corrected chi connectivity index (χ0v) is 30.2. The number of nitrogens with zero attached hydrogens (tertiary/aromatic N) is 2. The van der Waals surface area contributed by atoms with Crippen LogP contribution in [0.1, 0.15) is 107 Å². The number of esters is 1. The molecule has 1 heterocycles. The normalized spacial score (nSPS) is 14.0. The molecule has 47 heavy (non-hydrogen) atoms. The molecule has 0 bridgehead atoms. The van der Waals surface area contributed by atoms with Crippen molar-refractivity contribution in [3.63, 3.8) is 0 Å². The van der Waals surface area contributed by atoms with E-state index in [1.165, 1.54) is 24.3 Å². The first-order chi connectivity index (χ1) is 22.2. The van der Waals surface area contributed by atoms with Gasteiger partial charge in [-0.2, -0.15) is 12.6 Å². The molecule has 0 aliphatic rings. The highest BCUT2D eigenvalue weighted by atomic mass is 32.1. The summed E-state index contributed by atoms with van der Waals surface area (Å²) in [5, 5.41) is 27.7. The summed E-state index contributed by atoms with van der Waals surface area (Å²) in [6.45, 7) is 10.3. The van der Waals surface area contributed by atoms with Crippen molar-refractivity contribution in [2.45, 2.75) is 104 Å². The second-order valence-electron chi connectivity index (χ2n) is 12.5. The number of ether oxygens (including phenoxy) is 1. The van der Waals surface area contributed by atoms with E-state index in [-0.39, 0.29) is 48.3 Å². The maximum atomic E-state index is 13.5. The average molecular weight is 693 g/mol. The van der Waals surface area contributed by atoms with Crippen LogP contribution in [-0.4, -0.2) is 75.3 Å². The smallest absolute Gasteiger partial charge is 0.306 e. The van der Waals surface area contributed by atoms with Gasteiger partial charge < -0.3 is 30.5 Å². The predicted molar refractivity (Wildman–Crippen MR) is 188 cm³/mol. The minimum atomic E-state index is -0.994. The Morgan fingerprint density at radius 1 is 1.11 bits per heavy atom. The standard InChI is InChI=1S/C34H52N4O7S2/c1-7-8-9-14-38(6)28(21(2)3)19-30(45-23(5)39)33-37-27(20-47-33)32(42)35-25(16-22(4)34(43)44)17-24-12-13-29(40)26(18-24)36-31(41)11-10-15-46/h12-13,18,20-22,25,28,30,40,46H,7-11,14-17,19H2,1-6H3,(H,35,42)(H,36,41)(H,43,44)/t22?,25-,28-,30-/m1/s1. The summed E-state index contributed by atoms with van der Waals surface area (Å²) in [5.41, 5.74) is 1.07. The van der Waals surface area contributed by atoms with Crippen LogP contribution in [0.15, 0.2) is 23.6 Å². The molecule has 0 saturated carbocycles. The van der Waals surface area contributed by atoms with Crippen molar-refractivity contribution >= 4 is 53.4 Å². The van der Waals surface area contributed by atoms with Gasteiger partial charge in [-0.15, -0.1) is 11.3 Å². The van der Waals surface area contributed by atoms with Gasteiger partial charge in [-0.05, 0) is 68.6 Å². The number of anilines is 1. The lowest BCUT2D eigenvalue weighted by atomic mass is 9.95. The van der Waals surface area contributed by atoms with Gasteiger partial charge in [0.1, 0.15) is 16.5 Å². The highest BCUT2D eigenvalue weighted by molar-refractivity contribution is 7.80. The van der Waals surface area contributed by atoms with Crippen LogP contribution in [0.3, 0.4) is 0 Å². The number of nitrogens with one attached hydrogen (secondary N) is 2. The third-order valence-electron chi connectivity index (χ3n) is 8.02. The lowest BCUT2D eigenvalue weighted by molar-refractivity contribution is -0.148. The number of amides is 2. The topological polar surface area (TPSA) is 158 Å². The summed E-state index contributed by atoms with van der Waals surface area (Å²) < 4.78 is 5.73. The zero-order valence-electron chi connectivity index (χ0n) is 28.5. The van der Waals surface area contributed by atoms with Gasteiger partial charge in [0.2, 0.25) is 5.91 Å². The molecule has 2 rings (SSSR count). The summed E-state index contributed by atoms with van der Waals surface area (Å²) in [5.74, 6) is -2.16. The lowest BCUT2D eigenvalue weighted by Gasteiger charge is -2.33. The van der Waals surface area contributed by atoms with E-state index in [1.54, 1.807) is 24.4 Å². The van der Waals surface area contributed by atoms with E-state index in [4.69, 9.17) is 4.74 Å². The monoisotopic (exact) mass is 692 g/mol. The number of phenolic OH excluding ortho intramolecular Hbond substituents is 1. The number of thiol groups is 1. The lowest BCUT2D eigenvalue weighted by Crippen LogP contribution is -2.39. The summed E-state index contributed by atoms with van der Waals surface area (Å²) >= 11 is 5.37. The van der Waals surface area contributed by atoms with Crippen LogP contribution in [0.25, 0.3) is 0 Å². The van der Waals surface area contributed by atoms with Crippen molar-refractivity contribution in [2.75, 3.05) is 24.7 Å². The molecular formula is C34H52N4O7S2. The van der Waals surface area contributed by atoms with Crippen LogP contribution in [-0.2, 0) is 25.5 Å². The Hall–Kier alpha value is -3.16. The van der Waals surface area contributed by atoms with Gasteiger partial charge >= 0.3 is 11.9 Å². The van der Waals surface area contributed by atoms with Gasteiger partial charge in [0.25, 0.3) is 5.91 Å². The zero-order chi connectivity index (χ0) is 35.1. The first-order valence-electron chi connectivity index (χ1n) is 16.3. The Labute approximate surface area is 288 Å². The number of carbonyl (C=O) groups excluding carboxylic acids is 3. The second-order valence-corrected chi connectivity index (χ2v) is 13.8. The number of aromatic nitrogens is 1. The maximum absolute atomic E-state index is 13.5. The maximum Gasteiger partial charge on any atom is 0.306 e. The first-order valence-corrected chi connectivity index (χ1v) is 17.9. The molecule has 1 aromatic heterocycles. The van der Waals surface area contributed by atoms with Crippen molar-refractivity contribution in [1.29, 1.82) is 0 Å². The molecular weight excluding hydrogens is 641 g/mol. The number of unbranched alkanes of at least 4 members (excludes halogenated alkanes) is 2. The Kier molecular flexibility index (Phi) is 17.3. The van der Waals surface area contributed by atoms with Gasteiger partial charge in [0.05, 0.1) is 11.6 Å². The average Bonchev–Trinajstić information content (AvgIpc) is 3.50. The highest BCUT2D eigenvalue weighted by Gasteiger charge is 2.29. The van der Waals surface area contributed by atoms with Gasteiger partial charge in [-0.1, -0.05) is 46.6 Å². The molecule has 0 radical (unpaired) electrons. The number of carbonyl (C=O) groups is 4. The number of aromatic hydroxyl groups is 1. The van der Waals surface area contributed by atoms with Crippen molar-refractivity contribution < 1.29 is 34.1 Å². The molecule has 4 atom stereocenters. The fourth-order valence-electron chi connectivity index (χ4n) is 5.42. The van der Waals surface area contributed by atoms with E-state index in [9.17, 15) is 29.4 Å². The van der Waals surface area contributed by atoms with Crippen molar-refractivity contribution in [3.05, 3.63) is 39.8 Å². The van der Waals surface area contributed by atoms with Crippen LogP contribution in [0, 0.1) is 11.8 Å². The summed E-state index contributed by atoms with van der Waals surface area (Å²) in [6.07, 6.45) is 4.48. The van der Waals surface area contributed by atoms with Gasteiger partial charge in [0.15, 0.2) is 6.10 Å². The van der Waals surface area contributed by atoms with Crippen LogP contribution in [0.2, 0.25) is 0 Å². The number of benzene rings is 1. The largest absolute Gasteiger partial charge is 0.506 e. The molecule has 4 N–H and O–H groups in total. The number of aliphatic carboxylic acids is 1. The van der Waals surface area contributed by atoms with Gasteiger partial charge in [-0.25, -0.2) is 4.98 Å². The Morgan fingerprint density at radius 3 is 2.45 bits per heavy atom. The molecule has 1 unspecified atom stereocenters. The third-order valence-corrected chi connectivity index (χ3v) is 9.27. The Morgan fingerprint density at radius 2 is 1.83 bits per heavy atom. The SMILES string of the molecule is CCCCCN(C)[C@H](C[C@@H](OC(C)=O)c1nc(C(=O)N[C@@H](Cc2ccc(O)c(NC(=O)CCCS)c2)CC(C)C(=O)O)cs1)C(C)C. The number of thiazole rings is 1. The van der Waals surface area contributed by atoms with E-state index < -0.39 is 35.9 Å². The van der Waals surface area contributed by atoms with Crippen molar-refractivity contribution in [2.24, 2.45) is 11.8 Å². The summed E-state index contributed by atoms with van der Waals surface area (Å²) in [4.78, 5) is 56.4. The van der Waals surface area contributed by atoms with Gasteiger partial charge in [0, 0.05) is 37.2 Å². The first kappa shape index (κ1) is 40.0. The molecule has 262 valence electrons. The van der Waals surface area contributed by atoms with E-state index in [0.29, 0.717) is 35.1 Å². The molecule has 11 nitrogen and oxygen atoms in total. The van der Waals surface area contributed by atoms with E-state index >= 15 is 0 Å². The molecule has 13 heteroatoms. The number of phenols is 1. The number of carboxylic acids is 1. The second kappa shape index (κ2) is 20.3. The molecule has 2 aromatic rings. The minimum absolute atomic E-state index is 0.100. The van der Waals surface area contributed by atoms with Crippen molar-refractivity contribution in [3.8, 4) is 5.75 Å². The van der Waals surface area contributed by atoms with Crippen LogP contribution >= 0.6 is 24.0 Å². The molecule has 0 fully saturated rings. The van der Waals surface area contributed by atoms with Crippen molar-refractivity contribution in [1.82, 2.24) is 15.2 Å². The molecule has 1 aromatic carbocycles. The predicted octanol–water partition coefficient (Wildman–Crippen LogP) is 6.09. The molecule has 2 amide bonds. The van der Waals surface area contributed by atoms with Gasteiger partial charge in [-0.3, -0.25) is 19.2 Å². The van der Waals surface area contributed by atoms with Crippen LogP contribution in [0.4, 0.5) is 5.69 Å². The number of rotatable bonds is 21. The molecule has 0 saturated heterocycles. The number of hydrogen-bond acceptors (Lipinski definition) is 10. The fourth-order valence-corrected chi connectivity index (χ4v) is 6.42. The minimum Gasteiger partial charge on any atom is -0.506 e. The Balaban J connectivity index is 2.26. The molecule has 0 aliphatic carbocycles. The van der Waals surface area contributed by atoms with E-state index in [2.05, 4.69) is 61.0 Å². The summed E-state index contributed by atoms with van der Waals surface area (Å²) in [6, 6.07) is 4.27. The number of hydrogen-bond donors (Lipinski definition) is 5. The third kappa shape index (κ3) is 13.8.